The van der Waals surface area contributed by atoms with E-state index in [0.29, 0.717) is 18.2 Å². The van der Waals surface area contributed by atoms with Gasteiger partial charge in [-0.1, -0.05) is 19.1 Å². The van der Waals surface area contributed by atoms with Gasteiger partial charge in [0.25, 0.3) is 5.91 Å². The molecule has 1 aliphatic rings. The van der Waals surface area contributed by atoms with Crippen LogP contribution in [-0.4, -0.2) is 30.5 Å². The van der Waals surface area contributed by atoms with Crippen molar-refractivity contribution in [3.8, 4) is 0 Å². The van der Waals surface area contributed by atoms with Crippen LogP contribution >= 0.6 is 0 Å². The molecule has 1 amide bonds. The molecule has 0 aromatic heterocycles. The third-order valence-corrected chi connectivity index (χ3v) is 3.86. The lowest BCUT2D eigenvalue weighted by molar-refractivity contribution is 0.0939. The molecule has 1 saturated carbocycles. The molecule has 2 rings (SSSR count). The Morgan fingerprint density at radius 1 is 1.35 bits per heavy atom. The Kier molecular flexibility index (Phi) is 6.44. The second kappa shape index (κ2) is 8.56. The molecule has 1 aliphatic carbocycles. The van der Waals surface area contributed by atoms with Gasteiger partial charge in [-0.05, 0) is 50.8 Å². The summed E-state index contributed by atoms with van der Waals surface area (Å²) in [6.07, 6.45) is 3.36. The normalized spacial score (nSPS) is 15.9. The first-order valence-corrected chi connectivity index (χ1v) is 8.57. The molecule has 3 N–H and O–H groups in total. The summed E-state index contributed by atoms with van der Waals surface area (Å²) in [4.78, 5) is 16.8. The summed E-state index contributed by atoms with van der Waals surface area (Å²) in [7, 11) is 0. The molecular weight excluding hydrogens is 288 g/mol. The van der Waals surface area contributed by atoms with Gasteiger partial charge in [0.1, 0.15) is 0 Å². The van der Waals surface area contributed by atoms with Crippen molar-refractivity contribution in [3.63, 3.8) is 0 Å². The van der Waals surface area contributed by atoms with Crippen LogP contribution in [0, 0.1) is 0 Å². The number of benzene rings is 1. The average molecular weight is 316 g/mol. The molecule has 5 nitrogen and oxygen atoms in total. The van der Waals surface area contributed by atoms with Crippen LogP contribution in [-0.2, 0) is 6.54 Å². The first-order valence-electron chi connectivity index (χ1n) is 8.57. The van der Waals surface area contributed by atoms with Crippen LogP contribution < -0.4 is 16.0 Å². The first-order chi connectivity index (χ1) is 11.1. The molecule has 5 heteroatoms. The Hall–Kier alpha value is -2.04. The van der Waals surface area contributed by atoms with E-state index in [0.717, 1.165) is 24.5 Å². The van der Waals surface area contributed by atoms with Gasteiger partial charge in [0, 0.05) is 24.2 Å². The van der Waals surface area contributed by atoms with Crippen molar-refractivity contribution >= 4 is 11.9 Å². The fourth-order valence-corrected chi connectivity index (χ4v) is 2.13. The number of guanidine groups is 1. The second-order valence-electron chi connectivity index (χ2n) is 6.10. The molecule has 0 saturated heterocycles. The molecule has 23 heavy (non-hydrogen) atoms. The highest BCUT2D eigenvalue weighted by molar-refractivity contribution is 5.94. The first kappa shape index (κ1) is 17.3. The number of nitrogens with one attached hydrogen (secondary N) is 3. The summed E-state index contributed by atoms with van der Waals surface area (Å²) < 4.78 is 0. The van der Waals surface area contributed by atoms with Crippen LogP contribution in [0.5, 0.6) is 0 Å². The molecule has 1 unspecified atom stereocenters. The van der Waals surface area contributed by atoms with Crippen molar-refractivity contribution in [1.29, 1.82) is 0 Å². The number of rotatable bonds is 7. The Bertz CT molecular complexity index is 552. The quantitative estimate of drug-likeness (QED) is 0.535. The Morgan fingerprint density at radius 3 is 2.78 bits per heavy atom. The summed E-state index contributed by atoms with van der Waals surface area (Å²) >= 11 is 0. The maximum atomic E-state index is 12.2. The second-order valence-corrected chi connectivity index (χ2v) is 6.10. The van der Waals surface area contributed by atoms with E-state index in [4.69, 9.17) is 0 Å². The molecule has 126 valence electrons. The minimum absolute atomic E-state index is 0.0202. The standard InChI is InChI=1S/C18H28N4O/c1-4-13(3)21-17(23)15-8-6-7-14(11-15)12-20-18(19-5-2)22-16-9-10-16/h6-8,11,13,16H,4-5,9-10,12H2,1-3H3,(H,21,23)(H2,19,20,22). The Morgan fingerprint density at radius 2 is 2.13 bits per heavy atom. The van der Waals surface area contributed by atoms with Gasteiger partial charge in [0.2, 0.25) is 0 Å². The van der Waals surface area contributed by atoms with Gasteiger partial charge < -0.3 is 16.0 Å². The van der Waals surface area contributed by atoms with E-state index in [1.54, 1.807) is 0 Å². The molecular formula is C18H28N4O. The zero-order valence-corrected chi connectivity index (χ0v) is 14.4. The van der Waals surface area contributed by atoms with Gasteiger partial charge in [0.15, 0.2) is 5.96 Å². The van der Waals surface area contributed by atoms with E-state index < -0.39 is 0 Å². The number of hydrogen-bond donors (Lipinski definition) is 3. The van der Waals surface area contributed by atoms with Crippen molar-refractivity contribution in [3.05, 3.63) is 35.4 Å². The van der Waals surface area contributed by atoms with Crippen molar-refractivity contribution in [2.45, 2.75) is 58.7 Å². The third-order valence-electron chi connectivity index (χ3n) is 3.86. The largest absolute Gasteiger partial charge is 0.357 e. The van der Waals surface area contributed by atoms with E-state index in [1.807, 2.05) is 31.2 Å². The lowest BCUT2D eigenvalue weighted by Crippen LogP contribution is -2.38. The van der Waals surface area contributed by atoms with E-state index in [2.05, 4.69) is 34.8 Å². The molecule has 1 fully saturated rings. The fourth-order valence-electron chi connectivity index (χ4n) is 2.13. The average Bonchev–Trinajstić information content (AvgIpc) is 3.37. The van der Waals surface area contributed by atoms with Crippen LogP contribution in [0.2, 0.25) is 0 Å². The minimum Gasteiger partial charge on any atom is -0.357 e. The number of hydrogen-bond acceptors (Lipinski definition) is 2. The van der Waals surface area contributed by atoms with Crippen LogP contribution in [0.3, 0.4) is 0 Å². The van der Waals surface area contributed by atoms with Crippen molar-refractivity contribution in [2.24, 2.45) is 4.99 Å². The van der Waals surface area contributed by atoms with Gasteiger partial charge >= 0.3 is 0 Å². The van der Waals surface area contributed by atoms with Crippen molar-refractivity contribution < 1.29 is 4.79 Å². The van der Waals surface area contributed by atoms with Gasteiger partial charge in [-0.25, -0.2) is 4.99 Å². The number of carbonyl (C=O) groups is 1. The molecule has 0 bridgehead atoms. The smallest absolute Gasteiger partial charge is 0.251 e. The SMILES string of the molecule is CCNC(=NCc1cccc(C(=O)NC(C)CC)c1)NC1CC1. The monoisotopic (exact) mass is 316 g/mol. The predicted octanol–water partition coefficient (Wildman–Crippen LogP) is 2.43. The highest BCUT2D eigenvalue weighted by atomic mass is 16.1. The molecule has 0 radical (unpaired) electrons. The number of nitrogens with zero attached hydrogens (tertiary/aromatic N) is 1. The highest BCUT2D eigenvalue weighted by Gasteiger charge is 2.22. The van der Waals surface area contributed by atoms with Crippen LogP contribution in [0.1, 0.15) is 56.0 Å². The number of aliphatic imine (C=N–C) groups is 1. The summed E-state index contributed by atoms with van der Waals surface area (Å²) in [6.45, 7) is 7.54. The molecule has 0 heterocycles. The highest BCUT2D eigenvalue weighted by Crippen LogP contribution is 2.18. The zero-order valence-electron chi connectivity index (χ0n) is 14.4. The van der Waals surface area contributed by atoms with Crippen LogP contribution in [0.4, 0.5) is 0 Å². The van der Waals surface area contributed by atoms with Crippen LogP contribution in [0.25, 0.3) is 0 Å². The van der Waals surface area contributed by atoms with Crippen molar-refractivity contribution in [2.75, 3.05) is 6.54 Å². The molecule has 1 atom stereocenters. The lowest BCUT2D eigenvalue weighted by Gasteiger charge is -2.12. The topological polar surface area (TPSA) is 65.5 Å². The maximum absolute atomic E-state index is 12.2. The van der Waals surface area contributed by atoms with E-state index in [-0.39, 0.29) is 11.9 Å². The molecule has 1 aromatic carbocycles. The minimum atomic E-state index is -0.0202. The Labute approximate surface area is 139 Å². The Balaban J connectivity index is 1.99. The predicted molar refractivity (Wildman–Crippen MR) is 94.6 cm³/mol. The molecule has 0 aliphatic heterocycles. The summed E-state index contributed by atoms with van der Waals surface area (Å²) in [5.74, 6) is 0.831. The summed E-state index contributed by atoms with van der Waals surface area (Å²) in [5, 5.41) is 9.64. The van der Waals surface area contributed by atoms with Gasteiger partial charge in [-0.2, -0.15) is 0 Å². The zero-order chi connectivity index (χ0) is 16.7. The van der Waals surface area contributed by atoms with Gasteiger partial charge in [-0.3, -0.25) is 4.79 Å². The number of carbonyl (C=O) groups excluding carboxylic acids is 1. The molecule has 1 aromatic rings. The van der Waals surface area contributed by atoms with E-state index >= 15 is 0 Å². The molecule has 0 spiro atoms. The third kappa shape index (κ3) is 5.93. The van der Waals surface area contributed by atoms with Crippen LogP contribution in [0.15, 0.2) is 29.3 Å². The fraction of sp³-hybridized carbons (Fsp3) is 0.556. The van der Waals surface area contributed by atoms with E-state index in [9.17, 15) is 4.79 Å². The maximum Gasteiger partial charge on any atom is 0.251 e. The lowest BCUT2D eigenvalue weighted by atomic mass is 10.1. The van der Waals surface area contributed by atoms with Gasteiger partial charge in [0.05, 0.1) is 6.54 Å². The van der Waals surface area contributed by atoms with E-state index in [1.165, 1.54) is 12.8 Å². The van der Waals surface area contributed by atoms with Gasteiger partial charge in [-0.15, -0.1) is 0 Å². The van der Waals surface area contributed by atoms with Crippen molar-refractivity contribution in [1.82, 2.24) is 16.0 Å². The summed E-state index contributed by atoms with van der Waals surface area (Å²) in [6, 6.07) is 8.44. The summed E-state index contributed by atoms with van der Waals surface area (Å²) in [5.41, 5.74) is 1.73. The number of amides is 1.